The number of nitro groups is 1. The maximum atomic E-state index is 12.2. The van der Waals surface area contributed by atoms with Crippen LogP contribution in [0, 0.1) is 10.1 Å². The zero-order valence-corrected chi connectivity index (χ0v) is 24.4. The highest BCUT2D eigenvalue weighted by Gasteiger charge is 2.29. The normalized spacial score (nSPS) is 12.8. The molecular weight excluding hydrogens is 673 g/mol. The topological polar surface area (TPSA) is 299 Å². The van der Waals surface area contributed by atoms with E-state index in [1.54, 1.807) is 0 Å². The summed E-state index contributed by atoms with van der Waals surface area (Å²) >= 11 is 5.78. The fraction of sp³-hybridized carbons (Fsp3) is 0. The number of hydrogen-bond donors (Lipinski definition) is 6. The molecule has 4 rings (SSSR count). The van der Waals surface area contributed by atoms with Gasteiger partial charge in [-0.15, -0.1) is 15.3 Å². The largest absolute Gasteiger partial charge is 0.505 e. The number of non-ortho nitro benzene ring substituents is 1. The van der Waals surface area contributed by atoms with Crippen LogP contribution in [0.1, 0.15) is 0 Å². The molecule has 0 spiro atoms. The Morgan fingerprint density at radius 2 is 1.34 bits per heavy atom. The maximum Gasteiger partial charge on any atom is 0.358 e. The Kier molecular flexibility index (Phi) is 8.57. The van der Waals surface area contributed by atoms with Crippen LogP contribution in [0.25, 0.3) is 10.8 Å². The first-order chi connectivity index (χ1) is 20.3. The van der Waals surface area contributed by atoms with Gasteiger partial charge < -0.3 is 20.0 Å². The van der Waals surface area contributed by atoms with Crippen LogP contribution < -0.4 is 5.30 Å². The Morgan fingerprint density at radius 3 is 1.84 bits per heavy atom. The minimum atomic E-state index is -5.30. The Labute approximate surface area is 250 Å². The van der Waals surface area contributed by atoms with E-state index in [1.165, 1.54) is 12.1 Å². The lowest BCUT2D eigenvalue weighted by Crippen LogP contribution is -2.04. The second-order valence-corrected chi connectivity index (χ2v) is 13.3. The van der Waals surface area contributed by atoms with Crippen molar-refractivity contribution in [2.45, 2.75) is 9.79 Å². The Balaban J connectivity index is 2.03. The first-order valence-corrected chi connectivity index (χ1v) is 16.1. The molecule has 0 aliphatic carbocycles. The molecule has 0 bridgehead atoms. The van der Waals surface area contributed by atoms with Crippen LogP contribution in [-0.2, 0) is 24.8 Å². The van der Waals surface area contributed by atoms with Crippen LogP contribution in [0.3, 0.4) is 0 Å². The van der Waals surface area contributed by atoms with Crippen LogP contribution >= 0.6 is 19.2 Å². The predicted octanol–water partition coefficient (Wildman–Crippen LogP) is 4.94. The molecule has 44 heavy (non-hydrogen) atoms. The van der Waals surface area contributed by atoms with Gasteiger partial charge in [-0.3, -0.25) is 23.8 Å². The third kappa shape index (κ3) is 6.72. The van der Waals surface area contributed by atoms with E-state index in [9.17, 15) is 60.6 Å². The number of rotatable bonds is 8. The molecule has 0 saturated carbocycles. The number of nitrogens with zero attached hydrogens (tertiary/aromatic N) is 5. The van der Waals surface area contributed by atoms with Crippen molar-refractivity contribution < 1.29 is 55.4 Å². The molecule has 6 N–H and O–H groups in total. The van der Waals surface area contributed by atoms with Gasteiger partial charge in [0.2, 0.25) is 0 Å². The van der Waals surface area contributed by atoms with Gasteiger partial charge >= 0.3 is 7.60 Å². The molecule has 0 aliphatic rings. The lowest BCUT2D eigenvalue weighted by molar-refractivity contribution is -0.384. The van der Waals surface area contributed by atoms with Crippen molar-refractivity contribution in [3.05, 3.63) is 69.7 Å². The summed E-state index contributed by atoms with van der Waals surface area (Å²) in [5.41, 5.74) is -3.26. The summed E-state index contributed by atoms with van der Waals surface area (Å²) in [6.07, 6.45) is 0. The Bertz CT molecular complexity index is 2200. The van der Waals surface area contributed by atoms with Crippen molar-refractivity contribution >= 4 is 83.9 Å². The fourth-order valence-corrected chi connectivity index (χ4v) is 6.03. The molecule has 230 valence electrons. The molecule has 4 aromatic rings. The fourth-order valence-electron chi connectivity index (χ4n) is 3.74. The first kappa shape index (κ1) is 32.5. The smallest absolute Gasteiger partial charge is 0.358 e. The van der Waals surface area contributed by atoms with Crippen LogP contribution in [-0.4, -0.2) is 50.9 Å². The maximum absolute atomic E-state index is 12.2. The molecule has 0 aromatic heterocycles. The van der Waals surface area contributed by atoms with Gasteiger partial charge in [0.25, 0.3) is 25.9 Å². The molecule has 0 radical (unpaired) electrons. The summed E-state index contributed by atoms with van der Waals surface area (Å²) in [5.74, 6) is -2.47. The van der Waals surface area contributed by atoms with E-state index in [0.29, 0.717) is 12.1 Å². The number of benzene rings is 4. The molecule has 0 saturated heterocycles. The van der Waals surface area contributed by atoms with E-state index in [0.717, 1.165) is 30.3 Å². The summed E-state index contributed by atoms with van der Waals surface area (Å²) in [5, 5.41) is 45.1. The summed E-state index contributed by atoms with van der Waals surface area (Å²) in [6, 6.07) is 8.59. The van der Waals surface area contributed by atoms with E-state index < -0.39 is 92.9 Å². The van der Waals surface area contributed by atoms with Crippen LogP contribution in [0.15, 0.2) is 84.8 Å². The minimum Gasteiger partial charge on any atom is -0.505 e. The monoisotopic (exact) mass is 687 g/mol. The SMILES string of the molecule is O=[N+]([O-])c1cccc(N=Nc2c(S(=O)(=O)O)cc3cc(S(=O)(=O)O)c(N=Nc4ccc(Cl)cc4P(=O)(O)O)c(O)c3c2O)c1. The zero-order valence-electron chi connectivity index (χ0n) is 21.1. The number of hydrogen-bond acceptors (Lipinski definition) is 13. The predicted molar refractivity (Wildman–Crippen MR) is 151 cm³/mol. The second kappa shape index (κ2) is 11.6. The van der Waals surface area contributed by atoms with Crippen molar-refractivity contribution in [1.82, 2.24) is 0 Å². The van der Waals surface area contributed by atoms with Gasteiger partial charge in [-0.05, 0) is 41.8 Å². The van der Waals surface area contributed by atoms with Crippen molar-refractivity contribution in [2.75, 3.05) is 0 Å². The van der Waals surface area contributed by atoms with Crippen molar-refractivity contribution in [1.29, 1.82) is 0 Å². The molecule has 0 heterocycles. The van der Waals surface area contributed by atoms with Crippen LogP contribution in [0.5, 0.6) is 11.5 Å². The number of fused-ring (bicyclic) bond motifs is 1. The van der Waals surface area contributed by atoms with Crippen molar-refractivity contribution in [3.63, 3.8) is 0 Å². The summed E-state index contributed by atoms with van der Waals surface area (Å²) < 4.78 is 80.1. The number of phenolic OH excluding ortho intramolecular Hbond substituents is 2. The third-order valence-electron chi connectivity index (χ3n) is 5.62. The van der Waals surface area contributed by atoms with Crippen molar-refractivity contribution in [2.24, 2.45) is 20.5 Å². The summed E-state index contributed by atoms with van der Waals surface area (Å²) in [4.78, 5) is 27.2. The average Bonchev–Trinajstić information content (AvgIpc) is 2.90. The minimum absolute atomic E-state index is 0.110. The van der Waals surface area contributed by atoms with Gasteiger partial charge in [0.1, 0.15) is 26.9 Å². The third-order valence-corrected chi connectivity index (χ3v) is 8.58. The standard InChI is InChI=1S/C22H15ClN5O13PS2/c23-11-4-5-14(15(8-11)42(33,34)35)25-27-20-17(44(39,40)41)7-10-6-16(43(36,37)38)19(21(29)18(10)22(20)30)26-24-12-2-1-3-13(9-12)28(31)32/h1-9,29-30H,(H2,33,34,35)(H,36,37,38)(H,39,40,41). The van der Waals surface area contributed by atoms with Gasteiger partial charge in [0, 0.05) is 17.2 Å². The van der Waals surface area contributed by atoms with E-state index >= 15 is 0 Å². The van der Waals surface area contributed by atoms with E-state index in [-0.39, 0.29) is 10.7 Å². The molecule has 0 atom stereocenters. The number of halogens is 1. The zero-order chi connectivity index (χ0) is 32.8. The van der Waals surface area contributed by atoms with Gasteiger partial charge in [-0.25, -0.2) is 0 Å². The highest BCUT2D eigenvalue weighted by Crippen LogP contribution is 2.50. The molecule has 0 unspecified atom stereocenters. The highest BCUT2D eigenvalue weighted by atomic mass is 35.5. The molecule has 0 amide bonds. The summed E-state index contributed by atoms with van der Waals surface area (Å²) in [6.45, 7) is 0. The lowest BCUT2D eigenvalue weighted by atomic mass is 10.1. The van der Waals surface area contributed by atoms with Gasteiger partial charge in [0.15, 0.2) is 11.5 Å². The summed E-state index contributed by atoms with van der Waals surface area (Å²) in [7, 11) is -15.6. The van der Waals surface area contributed by atoms with Crippen LogP contribution in [0.2, 0.25) is 5.02 Å². The van der Waals surface area contributed by atoms with E-state index in [4.69, 9.17) is 11.6 Å². The van der Waals surface area contributed by atoms with E-state index in [1.807, 2.05) is 0 Å². The van der Waals surface area contributed by atoms with Crippen LogP contribution in [0.4, 0.5) is 28.4 Å². The Hall–Kier alpha value is -4.40. The second-order valence-electron chi connectivity index (χ2n) is 8.55. The molecule has 4 aromatic carbocycles. The molecular formula is C22H15ClN5O13PS2. The number of azo groups is 2. The highest BCUT2D eigenvalue weighted by molar-refractivity contribution is 7.86. The number of aromatic hydroxyl groups is 2. The van der Waals surface area contributed by atoms with E-state index in [2.05, 4.69) is 20.5 Å². The molecule has 22 heteroatoms. The lowest BCUT2D eigenvalue weighted by Gasteiger charge is -2.13. The quantitative estimate of drug-likeness (QED) is 0.0470. The van der Waals surface area contributed by atoms with Crippen molar-refractivity contribution in [3.8, 4) is 11.5 Å². The number of nitro benzene ring substituents is 1. The molecule has 18 nitrogen and oxygen atoms in total. The van der Waals surface area contributed by atoms with Gasteiger partial charge in [-0.1, -0.05) is 17.7 Å². The first-order valence-electron chi connectivity index (χ1n) is 11.2. The Morgan fingerprint density at radius 1 is 0.795 bits per heavy atom. The molecule has 0 aliphatic heterocycles. The van der Waals surface area contributed by atoms with Gasteiger partial charge in [0.05, 0.1) is 21.3 Å². The molecule has 0 fully saturated rings. The average molecular weight is 688 g/mol. The number of phenols is 2. The van der Waals surface area contributed by atoms with Gasteiger partial charge in [-0.2, -0.15) is 21.9 Å².